The van der Waals surface area contributed by atoms with E-state index in [2.05, 4.69) is 5.32 Å². The van der Waals surface area contributed by atoms with Crippen LogP contribution in [0.3, 0.4) is 0 Å². The number of nitrogens with zero attached hydrogens (tertiary/aromatic N) is 3. The van der Waals surface area contributed by atoms with Crippen LogP contribution in [0, 0.1) is 17.1 Å². The average Bonchev–Trinajstić information content (AvgIpc) is 3.11. The number of aromatic nitrogens is 2. The lowest BCUT2D eigenvalue weighted by atomic mass is 9.95. The van der Waals surface area contributed by atoms with Gasteiger partial charge in [-0.1, -0.05) is 30.3 Å². The molecule has 1 atom stereocenters. The Kier molecular flexibility index (Phi) is 6.97. The highest BCUT2D eigenvalue weighted by Crippen LogP contribution is 2.32. The Morgan fingerprint density at radius 3 is 2.64 bits per heavy atom. The van der Waals surface area contributed by atoms with Crippen LogP contribution in [0.5, 0.6) is 0 Å². The maximum atomic E-state index is 14.5. The van der Waals surface area contributed by atoms with Gasteiger partial charge in [0.25, 0.3) is 5.56 Å². The normalized spacial score (nSPS) is 16.2. The summed E-state index contributed by atoms with van der Waals surface area (Å²) in [6, 6.07) is 13.8. The first kappa shape index (κ1) is 22.8. The van der Waals surface area contributed by atoms with E-state index < -0.39 is 5.82 Å². The van der Waals surface area contributed by atoms with Crippen LogP contribution < -0.4 is 10.9 Å². The molecule has 7 heteroatoms. The molecule has 1 N–H and O–H groups in total. The minimum absolute atomic E-state index is 0.0388. The van der Waals surface area contributed by atoms with Crippen molar-refractivity contribution in [2.45, 2.75) is 31.8 Å². The first-order valence-corrected chi connectivity index (χ1v) is 11.1. The summed E-state index contributed by atoms with van der Waals surface area (Å²) >= 11 is 0. The Labute approximate surface area is 192 Å². The third-order valence-corrected chi connectivity index (χ3v) is 6.18. The van der Waals surface area contributed by atoms with Crippen LogP contribution in [-0.2, 0) is 18.4 Å². The summed E-state index contributed by atoms with van der Waals surface area (Å²) in [6.07, 6.45) is 2.82. The van der Waals surface area contributed by atoms with E-state index in [0.717, 1.165) is 37.9 Å². The van der Waals surface area contributed by atoms with Crippen molar-refractivity contribution in [3.63, 3.8) is 0 Å². The quantitative estimate of drug-likeness (QED) is 0.638. The molecule has 170 valence electrons. The van der Waals surface area contributed by atoms with E-state index in [1.54, 1.807) is 24.8 Å². The number of hydrogen-bond acceptors (Lipinski definition) is 5. The second kappa shape index (κ2) is 10.1. The number of nitriles is 1. The van der Waals surface area contributed by atoms with Crippen molar-refractivity contribution in [2.24, 2.45) is 7.05 Å². The number of halogens is 1. The van der Waals surface area contributed by atoms with Crippen molar-refractivity contribution in [1.29, 1.82) is 5.26 Å². The fraction of sp³-hybridized carbons (Fsp3) is 0.346. The Morgan fingerprint density at radius 1 is 1.18 bits per heavy atom. The monoisotopic (exact) mass is 446 g/mol. The van der Waals surface area contributed by atoms with Gasteiger partial charge in [-0.05, 0) is 55.6 Å². The largest absolute Gasteiger partial charge is 0.380 e. The molecule has 1 fully saturated rings. The summed E-state index contributed by atoms with van der Waals surface area (Å²) in [5.74, 6) is 0.222. The van der Waals surface area contributed by atoms with Crippen molar-refractivity contribution in [3.8, 4) is 28.5 Å². The molecule has 2 aromatic carbocycles. The molecule has 1 aromatic heterocycles. The van der Waals surface area contributed by atoms with Gasteiger partial charge in [0.15, 0.2) is 0 Å². The molecule has 1 aliphatic heterocycles. The molecule has 1 saturated heterocycles. The number of nitrogens with one attached hydrogen (secondary N) is 1. The standard InChI is InChI=1S/C26H27FN4O2/c1-31-25(19-4-3-12-29-13-11-19)30-24(20-9-10-21(15-28)22(27)14-20)23(26(31)32)18-7-5-17(6-8-18)16-33-2/h5-10,14,19,29H,3-4,11-13,16H2,1-2H3. The molecule has 6 nitrogen and oxygen atoms in total. The molecule has 3 aromatic rings. The maximum absolute atomic E-state index is 14.5. The van der Waals surface area contributed by atoms with Gasteiger partial charge in [0.2, 0.25) is 0 Å². The third-order valence-electron chi connectivity index (χ3n) is 6.18. The van der Waals surface area contributed by atoms with E-state index in [4.69, 9.17) is 15.0 Å². The van der Waals surface area contributed by atoms with Gasteiger partial charge in [0, 0.05) is 25.6 Å². The summed E-state index contributed by atoms with van der Waals surface area (Å²) < 4.78 is 21.4. The Hall–Kier alpha value is -3.34. The molecule has 1 aliphatic rings. The first-order valence-electron chi connectivity index (χ1n) is 11.1. The molecule has 0 bridgehead atoms. The van der Waals surface area contributed by atoms with Crippen LogP contribution in [0.2, 0.25) is 0 Å². The topological polar surface area (TPSA) is 79.9 Å². The highest BCUT2D eigenvalue weighted by atomic mass is 19.1. The van der Waals surface area contributed by atoms with Crippen LogP contribution in [0.25, 0.3) is 22.4 Å². The summed E-state index contributed by atoms with van der Waals surface area (Å²) in [6.45, 7) is 2.28. The molecule has 1 unspecified atom stereocenters. The molecule has 33 heavy (non-hydrogen) atoms. The van der Waals surface area contributed by atoms with E-state index in [-0.39, 0.29) is 17.0 Å². The van der Waals surface area contributed by atoms with Gasteiger partial charge in [-0.2, -0.15) is 5.26 Å². The number of rotatable bonds is 5. The lowest BCUT2D eigenvalue weighted by Gasteiger charge is -2.20. The highest BCUT2D eigenvalue weighted by molar-refractivity contribution is 5.80. The molecule has 0 spiro atoms. The fourth-order valence-corrected chi connectivity index (χ4v) is 4.42. The Morgan fingerprint density at radius 2 is 1.94 bits per heavy atom. The molecule has 0 saturated carbocycles. The van der Waals surface area contributed by atoms with Gasteiger partial charge in [-0.15, -0.1) is 0 Å². The molecule has 0 aliphatic carbocycles. The van der Waals surface area contributed by atoms with Crippen molar-refractivity contribution < 1.29 is 9.13 Å². The van der Waals surface area contributed by atoms with Crippen molar-refractivity contribution in [2.75, 3.05) is 20.2 Å². The van der Waals surface area contributed by atoms with Crippen LogP contribution in [0.4, 0.5) is 4.39 Å². The second-order valence-corrected chi connectivity index (χ2v) is 8.37. The number of methoxy groups -OCH3 is 1. The zero-order chi connectivity index (χ0) is 23.4. The van der Waals surface area contributed by atoms with Gasteiger partial charge in [-0.3, -0.25) is 9.36 Å². The third kappa shape index (κ3) is 4.72. The summed E-state index contributed by atoms with van der Waals surface area (Å²) in [5, 5.41) is 12.5. The molecular formula is C26H27FN4O2. The van der Waals surface area contributed by atoms with Gasteiger partial charge in [-0.25, -0.2) is 9.37 Å². The predicted octanol–water partition coefficient (Wildman–Crippen LogP) is 4.13. The van der Waals surface area contributed by atoms with Crippen LogP contribution >= 0.6 is 0 Å². The highest BCUT2D eigenvalue weighted by Gasteiger charge is 2.24. The van der Waals surface area contributed by atoms with Gasteiger partial charge in [0.1, 0.15) is 17.7 Å². The summed E-state index contributed by atoms with van der Waals surface area (Å²) in [5.41, 5.74) is 2.82. The fourth-order valence-electron chi connectivity index (χ4n) is 4.42. The SMILES string of the molecule is COCc1ccc(-c2c(-c3ccc(C#N)c(F)c3)nc(C3CCCNCC3)n(C)c2=O)cc1. The van der Waals surface area contributed by atoms with Crippen LogP contribution in [-0.4, -0.2) is 29.8 Å². The van der Waals surface area contributed by atoms with Crippen molar-refractivity contribution in [3.05, 3.63) is 75.6 Å². The summed E-state index contributed by atoms with van der Waals surface area (Å²) in [4.78, 5) is 18.6. The van der Waals surface area contributed by atoms with Gasteiger partial charge in [0.05, 0.1) is 23.4 Å². The second-order valence-electron chi connectivity index (χ2n) is 8.37. The van der Waals surface area contributed by atoms with Crippen LogP contribution in [0.1, 0.15) is 42.1 Å². The molecule has 0 amide bonds. The minimum atomic E-state index is -0.626. The number of hydrogen-bond donors (Lipinski definition) is 1. The zero-order valence-corrected chi connectivity index (χ0v) is 18.9. The minimum Gasteiger partial charge on any atom is -0.380 e. The number of ether oxygens (including phenoxy) is 1. The van der Waals surface area contributed by atoms with E-state index >= 15 is 0 Å². The summed E-state index contributed by atoms with van der Waals surface area (Å²) in [7, 11) is 3.39. The smallest absolute Gasteiger partial charge is 0.261 e. The van der Waals surface area contributed by atoms with E-state index in [9.17, 15) is 9.18 Å². The number of benzene rings is 2. The van der Waals surface area contributed by atoms with Crippen molar-refractivity contribution >= 4 is 0 Å². The Balaban J connectivity index is 1.92. The van der Waals surface area contributed by atoms with E-state index in [1.165, 1.54) is 12.1 Å². The van der Waals surface area contributed by atoms with Crippen LogP contribution in [0.15, 0.2) is 47.3 Å². The lowest BCUT2D eigenvalue weighted by molar-refractivity contribution is 0.185. The molecule has 2 heterocycles. The van der Waals surface area contributed by atoms with E-state index in [0.29, 0.717) is 34.8 Å². The molecule has 0 radical (unpaired) electrons. The Bertz CT molecular complexity index is 1240. The lowest BCUT2D eigenvalue weighted by Crippen LogP contribution is -2.27. The maximum Gasteiger partial charge on any atom is 0.261 e. The van der Waals surface area contributed by atoms with Crippen molar-refractivity contribution in [1.82, 2.24) is 14.9 Å². The molecule has 4 rings (SSSR count). The average molecular weight is 447 g/mol. The predicted molar refractivity (Wildman–Crippen MR) is 125 cm³/mol. The molecular weight excluding hydrogens is 419 g/mol. The van der Waals surface area contributed by atoms with E-state index in [1.807, 2.05) is 30.3 Å². The van der Waals surface area contributed by atoms with Gasteiger partial charge >= 0.3 is 0 Å². The first-order chi connectivity index (χ1) is 16.0. The van der Waals surface area contributed by atoms with Gasteiger partial charge < -0.3 is 10.1 Å². The zero-order valence-electron chi connectivity index (χ0n) is 18.9.